The van der Waals surface area contributed by atoms with Gasteiger partial charge in [-0.15, -0.1) is 0 Å². The molecular formula is C17H21ClN2O3. The monoisotopic (exact) mass is 336 g/mol. The lowest BCUT2D eigenvalue weighted by Gasteiger charge is -2.33. The molecule has 2 saturated heterocycles. The Bertz CT molecular complexity index is 626. The zero-order valence-electron chi connectivity index (χ0n) is 13.2. The maximum atomic E-state index is 12.0. The lowest BCUT2D eigenvalue weighted by Crippen LogP contribution is -2.33. The summed E-state index contributed by atoms with van der Waals surface area (Å²) in [4.78, 5) is 26.9. The normalized spacial score (nSPS) is 22.7. The van der Waals surface area contributed by atoms with Crippen LogP contribution in [0.4, 0.5) is 11.4 Å². The Hall–Kier alpha value is -1.75. The van der Waals surface area contributed by atoms with E-state index >= 15 is 0 Å². The van der Waals surface area contributed by atoms with Gasteiger partial charge in [-0.05, 0) is 37.0 Å². The van der Waals surface area contributed by atoms with Crippen LogP contribution in [0.1, 0.15) is 26.2 Å². The first-order valence-corrected chi connectivity index (χ1v) is 8.41. The lowest BCUT2D eigenvalue weighted by molar-refractivity contribution is -0.141. The highest BCUT2D eigenvalue weighted by atomic mass is 35.5. The summed E-state index contributed by atoms with van der Waals surface area (Å²) >= 11 is 6.43. The van der Waals surface area contributed by atoms with Crippen LogP contribution < -0.4 is 9.80 Å². The molecule has 2 fully saturated rings. The summed E-state index contributed by atoms with van der Waals surface area (Å²) < 4.78 is 0. The molecule has 124 valence electrons. The van der Waals surface area contributed by atoms with Crippen molar-refractivity contribution >= 4 is 34.9 Å². The third-order valence-electron chi connectivity index (χ3n) is 4.84. The number of benzene rings is 1. The number of hydrogen-bond donors (Lipinski definition) is 1. The molecule has 0 aromatic heterocycles. The summed E-state index contributed by atoms with van der Waals surface area (Å²) in [6, 6.07) is 5.58. The summed E-state index contributed by atoms with van der Waals surface area (Å²) in [7, 11) is 0. The molecule has 0 radical (unpaired) electrons. The zero-order chi connectivity index (χ0) is 16.6. The third kappa shape index (κ3) is 3.29. The number of hydrogen-bond acceptors (Lipinski definition) is 3. The minimum atomic E-state index is -0.925. The molecule has 5 nitrogen and oxygen atoms in total. The van der Waals surface area contributed by atoms with E-state index in [0.29, 0.717) is 10.7 Å². The van der Waals surface area contributed by atoms with Crippen molar-refractivity contribution in [3.05, 3.63) is 23.2 Å². The Morgan fingerprint density at radius 1 is 1.30 bits per heavy atom. The van der Waals surface area contributed by atoms with Crippen LogP contribution in [-0.2, 0) is 9.59 Å². The molecule has 1 atom stereocenters. The second-order valence-corrected chi connectivity index (χ2v) is 6.96. The standard InChI is InChI=1S/C17H21ClN2O3/c1-11-4-6-19(7-5-11)15-3-2-13(9-14(15)18)20-10-12(17(22)23)8-16(20)21/h2-3,9,11-12H,4-8,10H2,1H3,(H,22,23)/t12-/m1/s1. The fraction of sp³-hybridized carbons (Fsp3) is 0.529. The molecule has 6 heteroatoms. The summed E-state index contributed by atoms with van der Waals surface area (Å²) in [5.41, 5.74) is 1.67. The van der Waals surface area contributed by atoms with Crippen molar-refractivity contribution in [2.45, 2.75) is 26.2 Å². The smallest absolute Gasteiger partial charge is 0.308 e. The maximum Gasteiger partial charge on any atom is 0.308 e. The molecule has 1 N–H and O–H groups in total. The van der Waals surface area contributed by atoms with Crippen LogP contribution in [0.25, 0.3) is 0 Å². The minimum absolute atomic E-state index is 0.0543. The van der Waals surface area contributed by atoms with Gasteiger partial charge in [-0.2, -0.15) is 0 Å². The Balaban J connectivity index is 1.77. The van der Waals surface area contributed by atoms with E-state index in [1.54, 1.807) is 6.07 Å². The van der Waals surface area contributed by atoms with Gasteiger partial charge < -0.3 is 14.9 Å². The molecule has 0 bridgehead atoms. The van der Waals surface area contributed by atoms with Crippen LogP contribution in [0, 0.1) is 11.8 Å². The van der Waals surface area contributed by atoms with E-state index in [0.717, 1.165) is 37.5 Å². The molecule has 3 rings (SSSR count). The first-order valence-electron chi connectivity index (χ1n) is 8.03. The second kappa shape index (κ2) is 6.40. The number of nitrogens with zero attached hydrogens (tertiary/aromatic N) is 2. The van der Waals surface area contributed by atoms with Crippen molar-refractivity contribution in [1.29, 1.82) is 0 Å². The average molecular weight is 337 g/mol. The topological polar surface area (TPSA) is 60.9 Å². The van der Waals surface area contributed by atoms with E-state index in [1.165, 1.54) is 4.90 Å². The van der Waals surface area contributed by atoms with Gasteiger partial charge in [-0.3, -0.25) is 9.59 Å². The van der Waals surface area contributed by atoms with Gasteiger partial charge in [0.1, 0.15) is 0 Å². The second-order valence-electron chi connectivity index (χ2n) is 6.55. The Kier molecular flexibility index (Phi) is 4.48. The van der Waals surface area contributed by atoms with Crippen LogP contribution in [0.5, 0.6) is 0 Å². The van der Waals surface area contributed by atoms with E-state index in [2.05, 4.69) is 11.8 Å². The average Bonchev–Trinajstić information content (AvgIpc) is 2.90. The van der Waals surface area contributed by atoms with Gasteiger partial charge in [0, 0.05) is 31.7 Å². The van der Waals surface area contributed by atoms with E-state index in [4.69, 9.17) is 16.7 Å². The molecule has 2 heterocycles. The van der Waals surface area contributed by atoms with Crippen LogP contribution in [0.2, 0.25) is 5.02 Å². The number of carbonyl (C=O) groups is 2. The highest BCUT2D eigenvalue weighted by Gasteiger charge is 2.35. The number of amides is 1. The van der Waals surface area contributed by atoms with Gasteiger partial charge >= 0.3 is 5.97 Å². The number of anilines is 2. The van der Waals surface area contributed by atoms with E-state index in [-0.39, 0.29) is 18.9 Å². The molecule has 0 saturated carbocycles. The lowest BCUT2D eigenvalue weighted by atomic mass is 9.99. The summed E-state index contributed by atoms with van der Waals surface area (Å²) in [5.74, 6) is -0.969. The first kappa shape index (κ1) is 16.1. The molecule has 0 spiro atoms. The Morgan fingerprint density at radius 3 is 2.57 bits per heavy atom. The van der Waals surface area contributed by atoms with Crippen molar-refractivity contribution in [1.82, 2.24) is 0 Å². The molecule has 23 heavy (non-hydrogen) atoms. The number of carboxylic acids is 1. The predicted molar refractivity (Wildman–Crippen MR) is 90.2 cm³/mol. The molecule has 0 unspecified atom stereocenters. The molecule has 0 aliphatic carbocycles. The minimum Gasteiger partial charge on any atom is -0.481 e. The SMILES string of the molecule is CC1CCN(c2ccc(N3C[C@H](C(=O)O)CC3=O)cc2Cl)CC1. The third-order valence-corrected chi connectivity index (χ3v) is 5.14. The molecule has 1 aromatic carbocycles. The maximum absolute atomic E-state index is 12.0. The number of halogens is 1. The largest absolute Gasteiger partial charge is 0.481 e. The van der Waals surface area contributed by atoms with Crippen LogP contribution in [-0.4, -0.2) is 36.6 Å². The molecule has 2 aliphatic heterocycles. The van der Waals surface area contributed by atoms with Crippen molar-refractivity contribution in [3.63, 3.8) is 0 Å². The van der Waals surface area contributed by atoms with Crippen molar-refractivity contribution in [2.24, 2.45) is 11.8 Å². The molecular weight excluding hydrogens is 316 g/mol. The van der Waals surface area contributed by atoms with Crippen LogP contribution in [0.3, 0.4) is 0 Å². The van der Waals surface area contributed by atoms with Crippen LogP contribution >= 0.6 is 11.6 Å². The highest BCUT2D eigenvalue weighted by Crippen LogP contribution is 2.34. The number of carboxylic acid groups (broad SMARTS) is 1. The molecule has 2 aliphatic rings. The van der Waals surface area contributed by atoms with Crippen molar-refractivity contribution in [3.8, 4) is 0 Å². The predicted octanol–water partition coefficient (Wildman–Crippen LogP) is 3.01. The number of aliphatic carboxylic acids is 1. The molecule has 1 amide bonds. The molecule has 1 aromatic rings. The van der Waals surface area contributed by atoms with Gasteiger partial charge in [-0.25, -0.2) is 0 Å². The Labute approximate surface area is 140 Å². The van der Waals surface area contributed by atoms with Gasteiger partial charge in [0.15, 0.2) is 0 Å². The summed E-state index contributed by atoms with van der Waals surface area (Å²) in [6.45, 7) is 4.46. The zero-order valence-corrected chi connectivity index (χ0v) is 13.9. The highest BCUT2D eigenvalue weighted by molar-refractivity contribution is 6.33. The summed E-state index contributed by atoms with van der Waals surface area (Å²) in [6.07, 6.45) is 2.37. The fourth-order valence-electron chi connectivity index (χ4n) is 3.29. The summed E-state index contributed by atoms with van der Waals surface area (Å²) in [5, 5.41) is 9.69. The quantitative estimate of drug-likeness (QED) is 0.921. The van der Waals surface area contributed by atoms with Crippen LogP contribution in [0.15, 0.2) is 18.2 Å². The Morgan fingerprint density at radius 2 is 2.00 bits per heavy atom. The van der Waals surface area contributed by atoms with Crippen molar-refractivity contribution < 1.29 is 14.7 Å². The van der Waals surface area contributed by atoms with Gasteiger partial charge in [-0.1, -0.05) is 18.5 Å². The van der Waals surface area contributed by atoms with Gasteiger partial charge in [0.05, 0.1) is 16.6 Å². The number of carbonyl (C=O) groups excluding carboxylic acids is 1. The van der Waals surface area contributed by atoms with Crippen molar-refractivity contribution in [2.75, 3.05) is 29.4 Å². The van der Waals surface area contributed by atoms with E-state index in [1.807, 2.05) is 12.1 Å². The van der Waals surface area contributed by atoms with E-state index < -0.39 is 11.9 Å². The number of piperidine rings is 1. The van der Waals surface area contributed by atoms with Gasteiger partial charge in [0.2, 0.25) is 5.91 Å². The first-order chi connectivity index (χ1) is 11.0. The fourth-order valence-corrected chi connectivity index (χ4v) is 3.59. The van der Waals surface area contributed by atoms with E-state index in [9.17, 15) is 9.59 Å². The van der Waals surface area contributed by atoms with Gasteiger partial charge in [0.25, 0.3) is 0 Å². The number of rotatable bonds is 3.